The lowest BCUT2D eigenvalue weighted by molar-refractivity contribution is 0.179. The molecular formula is C34H41F2N5. The zero-order valence-electron chi connectivity index (χ0n) is 25.1. The molecule has 0 spiro atoms. The Hall–Kier alpha value is -3.48. The minimum Gasteiger partial charge on any atom is -0.252 e. The van der Waals surface area contributed by atoms with Gasteiger partial charge in [0, 0.05) is 22.5 Å². The lowest BCUT2D eigenvalue weighted by Gasteiger charge is -2.37. The standard InChI is InChI=1S/C34H41F2N5/c1-7-34(16-9-8-10-17-34)21-23-18-29(39-30(19-23)41-22-37-31(40-41)32(2,3)4)33(5,6)28-13-11-12-27(38-28)25-15-14-24(35)20-26(25)36/h11-15,18-20,22H,7-10,16-17,21H2,1-6H3. The Bertz CT molecular complexity index is 1530. The molecule has 0 aliphatic heterocycles. The fourth-order valence-corrected chi connectivity index (χ4v) is 5.98. The third kappa shape index (κ3) is 6.09. The van der Waals surface area contributed by atoms with E-state index in [0.717, 1.165) is 41.9 Å². The number of nitrogens with zero attached hydrogens (tertiary/aromatic N) is 5. The van der Waals surface area contributed by atoms with Gasteiger partial charge < -0.3 is 0 Å². The Labute approximate surface area is 242 Å². The third-order valence-electron chi connectivity index (χ3n) is 8.75. The van der Waals surface area contributed by atoms with Crippen molar-refractivity contribution in [2.45, 2.75) is 97.3 Å². The molecule has 1 aliphatic rings. The van der Waals surface area contributed by atoms with Crippen molar-refractivity contribution in [2.75, 3.05) is 0 Å². The van der Waals surface area contributed by atoms with E-state index in [-0.39, 0.29) is 16.4 Å². The van der Waals surface area contributed by atoms with Crippen LogP contribution in [-0.4, -0.2) is 24.7 Å². The number of benzene rings is 1. The molecule has 0 N–H and O–H groups in total. The molecule has 0 bridgehead atoms. The summed E-state index contributed by atoms with van der Waals surface area (Å²) >= 11 is 0. The van der Waals surface area contributed by atoms with Crippen LogP contribution in [0.2, 0.25) is 0 Å². The van der Waals surface area contributed by atoms with Crippen molar-refractivity contribution < 1.29 is 8.78 Å². The van der Waals surface area contributed by atoms with Gasteiger partial charge in [-0.25, -0.2) is 23.4 Å². The molecule has 0 saturated heterocycles. The maximum Gasteiger partial charge on any atom is 0.156 e. The lowest BCUT2D eigenvalue weighted by atomic mass is 9.68. The van der Waals surface area contributed by atoms with Crippen LogP contribution in [0.1, 0.15) is 103 Å². The summed E-state index contributed by atoms with van der Waals surface area (Å²) in [6.45, 7) is 12.8. The summed E-state index contributed by atoms with van der Waals surface area (Å²) in [5, 5.41) is 4.80. The van der Waals surface area contributed by atoms with E-state index in [4.69, 9.17) is 15.1 Å². The highest BCUT2D eigenvalue weighted by Gasteiger charge is 2.33. The predicted octanol–water partition coefficient (Wildman–Crippen LogP) is 8.53. The Balaban J connectivity index is 1.60. The quantitative estimate of drug-likeness (QED) is 0.228. The van der Waals surface area contributed by atoms with Crippen LogP contribution in [0.25, 0.3) is 17.1 Å². The molecule has 1 aliphatic carbocycles. The maximum atomic E-state index is 14.7. The second kappa shape index (κ2) is 11.1. The highest BCUT2D eigenvalue weighted by Crippen LogP contribution is 2.43. The molecule has 5 rings (SSSR count). The van der Waals surface area contributed by atoms with Crippen LogP contribution in [-0.2, 0) is 17.3 Å². The van der Waals surface area contributed by atoms with Crippen molar-refractivity contribution >= 4 is 0 Å². The zero-order chi connectivity index (χ0) is 29.4. The smallest absolute Gasteiger partial charge is 0.156 e. The van der Waals surface area contributed by atoms with Gasteiger partial charge in [-0.1, -0.05) is 59.4 Å². The van der Waals surface area contributed by atoms with E-state index >= 15 is 0 Å². The SMILES string of the molecule is CCC1(Cc2cc(-n3cnc(C(C)(C)C)n3)nc(C(C)(C)c3cccc(-c4ccc(F)cc4F)n3)c2)CCCCC1. The van der Waals surface area contributed by atoms with E-state index in [0.29, 0.717) is 5.69 Å². The molecule has 3 heterocycles. The summed E-state index contributed by atoms with van der Waals surface area (Å²) in [5.74, 6) is 0.254. The van der Waals surface area contributed by atoms with E-state index in [1.54, 1.807) is 17.1 Å². The monoisotopic (exact) mass is 557 g/mol. The Morgan fingerprint density at radius 1 is 0.878 bits per heavy atom. The van der Waals surface area contributed by atoms with Gasteiger partial charge in [0.15, 0.2) is 11.6 Å². The molecule has 7 heteroatoms. The second-order valence-electron chi connectivity index (χ2n) is 13.2. The van der Waals surface area contributed by atoms with Crippen molar-refractivity contribution in [1.82, 2.24) is 24.7 Å². The highest BCUT2D eigenvalue weighted by atomic mass is 19.1. The number of halogens is 2. The molecule has 1 saturated carbocycles. The van der Waals surface area contributed by atoms with Crippen molar-refractivity contribution in [3.63, 3.8) is 0 Å². The van der Waals surface area contributed by atoms with E-state index < -0.39 is 17.0 Å². The van der Waals surface area contributed by atoms with Crippen molar-refractivity contribution in [2.24, 2.45) is 5.41 Å². The fraction of sp³-hybridized carbons (Fsp3) is 0.471. The number of rotatable bonds is 7. The minimum absolute atomic E-state index is 0.181. The Morgan fingerprint density at radius 2 is 1.63 bits per heavy atom. The van der Waals surface area contributed by atoms with Crippen LogP contribution in [0, 0.1) is 17.0 Å². The molecule has 4 aromatic rings. The molecule has 1 fully saturated rings. The summed E-state index contributed by atoms with van der Waals surface area (Å²) in [4.78, 5) is 14.6. The molecule has 0 unspecified atom stereocenters. The first-order chi connectivity index (χ1) is 19.4. The molecular weight excluding hydrogens is 516 g/mol. The van der Waals surface area contributed by atoms with Gasteiger partial charge in [-0.15, -0.1) is 5.10 Å². The van der Waals surface area contributed by atoms with Gasteiger partial charge in [-0.2, -0.15) is 0 Å². The van der Waals surface area contributed by atoms with E-state index in [1.807, 2.05) is 12.1 Å². The molecule has 216 valence electrons. The highest BCUT2D eigenvalue weighted by molar-refractivity contribution is 5.60. The van der Waals surface area contributed by atoms with Crippen LogP contribution in [0.5, 0.6) is 0 Å². The average molecular weight is 558 g/mol. The van der Waals surface area contributed by atoms with Gasteiger partial charge in [0.2, 0.25) is 0 Å². The van der Waals surface area contributed by atoms with Gasteiger partial charge in [0.05, 0.1) is 17.1 Å². The summed E-state index contributed by atoms with van der Waals surface area (Å²) in [6, 6.07) is 13.5. The molecule has 41 heavy (non-hydrogen) atoms. The molecule has 0 amide bonds. The number of pyridine rings is 2. The van der Waals surface area contributed by atoms with Crippen LogP contribution in [0.3, 0.4) is 0 Å². The van der Waals surface area contributed by atoms with Crippen molar-refractivity contribution in [1.29, 1.82) is 0 Å². The topological polar surface area (TPSA) is 56.5 Å². The summed E-state index contributed by atoms with van der Waals surface area (Å²) in [7, 11) is 0. The first kappa shape index (κ1) is 29.0. The second-order valence-corrected chi connectivity index (χ2v) is 13.2. The Morgan fingerprint density at radius 3 is 2.29 bits per heavy atom. The Kier molecular flexibility index (Phi) is 7.84. The summed E-state index contributed by atoms with van der Waals surface area (Å²) < 4.78 is 30.0. The first-order valence-electron chi connectivity index (χ1n) is 14.8. The van der Waals surface area contributed by atoms with E-state index in [1.165, 1.54) is 49.8 Å². The molecule has 5 nitrogen and oxygen atoms in total. The van der Waals surface area contributed by atoms with E-state index in [9.17, 15) is 8.78 Å². The van der Waals surface area contributed by atoms with Gasteiger partial charge >= 0.3 is 0 Å². The number of aromatic nitrogens is 5. The van der Waals surface area contributed by atoms with Crippen LogP contribution in [0.4, 0.5) is 8.78 Å². The normalized spacial score (nSPS) is 15.7. The van der Waals surface area contributed by atoms with Crippen molar-refractivity contribution in [3.8, 4) is 17.1 Å². The van der Waals surface area contributed by atoms with Crippen LogP contribution in [0.15, 0.2) is 54.9 Å². The summed E-state index contributed by atoms with van der Waals surface area (Å²) in [6.07, 6.45) is 10.2. The molecule has 0 radical (unpaired) electrons. The van der Waals surface area contributed by atoms with Gasteiger partial charge in [-0.05, 0) is 80.5 Å². The number of hydrogen-bond acceptors (Lipinski definition) is 4. The third-order valence-corrected chi connectivity index (χ3v) is 8.75. The molecule has 1 aromatic carbocycles. The van der Waals surface area contributed by atoms with Gasteiger partial charge in [0.1, 0.15) is 18.0 Å². The van der Waals surface area contributed by atoms with Gasteiger partial charge in [-0.3, -0.25) is 4.98 Å². The largest absolute Gasteiger partial charge is 0.252 e. The van der Waals surface area contributed by atoms with Crippen LogP contribution < -0.4 is 0 Å². The number of hydrogen-bond donors (Lipinski definition) is 0. The van der Waals surface area contributed by atoms with Gasteiger partial charge in [0.25, 0.3) is 0 Å². The average Bonchev–Trinajstić information content (AvgIpc) is 3.45. The molecule has 3 aromatic heterocycles. The zero-order valence-corrected chi connectivity index (χ0v) is 25.1. The minimum atomic E-state index is -0.631. The summed E-state index contributed by atoms with van der Waals surface area (Å²) in [5.41, 5.74) is 3.09. The van der Waals surface area contributed by atoms with Crippen LogP contribution >= 0.6 is 0 Å². The predicted molar refractivity (Wildman–Crippen MR) is 159 cm³/mol. The molecule has 0 atom stereocenters. The lowest BCUT2D eigenvalue weighted by Crippen LogP contribution is -2.27. The first-order valence-corrected chi connectivity index (χ1v) is 14.8. The van der Waals surface area contributed by atoms with Crippen molar-refractivity contribution in [3.05, 3.63) is 89.3 Å². The maximum absolute atomic E-state index is 14.7. The fourth-order valence-electron chi connectivity index (χ4n) is 5.98. The van der Waals surface area contributed by atoms with E-state index in [2.05, 4.69) is 58.7 Å².